The maximum absolute atomic E-state index is 12.5. The minimum absolute atomic E-state index is 0.293. The van der Waals surface area contributed by atoms with Crippen LogP contribution >= 0.6 is 34.5 Å². The fraction of sp³-hybridized carbons (Fsp3) is 0.333. The molecule has 0 saturated heterocycles. The van der Waals surface area contributed by atoms with Gasteiger partial charge in [-0.3, -0.25) is 4.79 Å². The summed E-state index contributed by atoms with van der Waals surface area (Å²) < 4.78 is 5.24. The zero-order chi connectivity index (χ0) is 20.1. The molecule has 0 unspecified atom stereocenters. The second-order valence-electron chi connectivity index (χ2n) is 6.45. The van der Waals surface area contributed by atoms with Gasteiger partial charge in [-0.05, 0) is 56.4 Å². The number of halogens is 2. The topological polar surface area (TPSA) is 55.4 Å². The molecule has 1 amide bonds. The lowest BCUT2D eigenvalue weighted by Gasteiger charge is -2.07. The minimum Gasteiger partial charge on any atom is -0.462 e. The molecule has 1 aliphatic rings. The number of esters is 1. The third kappa shape index (κ3) is 4.77. The van der Waals surface area contributed by atoms with Gasteiger partial charge in [0.25, 0.3) is 0 Å². The van der Waals surface area contributed by atoms with Crippen LogP contribution in [-0.4, -0.2) is 18.5 Å². The molecule has 3 rings (SSSR count). The smallest absolute Gasteiger partial charge is 0.341 e. The molecule has 1 aromatic carbocycles. The number of benzene rings is 1. The van der Waals surface area contributed by atoms with Crippen molar-refractivity contribution < 1.29 is 14.3 Å². The first-order chi connectivity index (χ1) is 13.5. The van der Waals surface area contributed by atoms with Crippen molar-refractivity contribution in [2.45, 2.75) is 39.0 Å². The first-order valence-electron chi connectivity index (χ1n) is 9.26. The van der Waals surface area contributed by atoms with E-state index in [4.69, 9.17) is 27.9 Å². The number of rotatable bonds is 5. The molecule has 0 radical (unpaired) electrons. The van der Waals surface area contributed by atoms with Crippen molar-refractivity contribution in [3.63, 3.8) is 0 Å². The van der Waals surface area contributed by atoms with Crippen LogP contribution in [-0.2, 0) is 22.4 Å². The van der Waals surface area contributed by atoms with Gasteiger partial charge in [-0.2, -0.15) is 0 Å². The SMILES string of the molecule is CCOC(=O)c1c(NC(=O)/C=C/c2c(Cl)cccc2Cl)sc2c1CCCCC2. The molecule has 2 aromatic rings. The molecule has 4 nitrogen and oxygen atoms in total. The van der Waals surface area contributed by atoms with Gasteiger partial charge in [0.15, 0.2) is 0 Å². The summed E-state index contributed by atoms with van der Waals surface area (Å²) in [5.74, 6) is -0.728. The highest BCUT2D eigenvalue weighted by Gasteiger charge is 2.26. The summed E-state index contributed by atoms with van der Waals surface area (Å²) in [4.78, 5) is 26.2. The molecule has 1 aliphatic carbocycles. The maximum atomic E-state index is 12.5. The number of hydrogen-bond donors (Lipinski definition) is 1. The number of nitrogens with one attached hydrogen (secondary N) is 1. The van der Waals surface area contributed by atoms with Gasteiger partial charge in [0, 0.05) is 26.6 Å². The fourth-order valence-electron chi connectivity index (χ4n) is 3.23. The van der Waals surface area contributed by atoms with E-state index in [1.165, 1.54) is 17.4 Å². The Balaban J connectivity index is 1.86. The third-order valence-electron chi connectivity index (χ3n) is 4.54. The molecular formula is C21H21Cl2NO3S. The van der Waals surface area contributed by atoms with E-state index < -0.39 is 0 Å². The van der Waals surface area contributed by atoms with Crippen molar-refractivity contribution in [3.05, 3.63) is 55.9 Å². The summed E-state index contributed by atoms with van der Waals surface area (Å²) >= 11 is 13.7. The summed E-state index contributed by atoms with van der Waals surface area (Å²) in [7, 11) is 0. The summed E-state index contributed by atoms with van der Waals surface area (Å²) in [6.07, 6.45) is 7.97. The van der Waals surface area contributed by atoms with E-state index in [1.54, 1.807) is 31.2 Å². The van der Waals surface area contributed by atoms with Gasteiger partial charge in [0.2, 0.25) is 5.91 Å². The van der Waals surface area contributed by atoms with Gasteiger partial charge in [0.05, 0.1) is 12.2 Å². The van der Waals surface area contributed by atoms with Crippen LogP contribution in [0.2, 0.25) is 10.0 Å². The highest BCUT2D eigenvalue weighted by molar-refractivity contribution is 7.17. The summed E-state index contributed by atoms with van der Waals surface area (Å²) in [5.41, 5.74) is 2.10. The highest BCUT2D eigenvalue weighted by Crippen LogP contribution is 2.38. The van der Waals surface area contributed by atoms with Crippen LogP contribution in [0.4, 0.5) is 5.00 Å². The van der Waals surface area contributed by atoms with Crippen molar-refractivity contribution in [2.24, 2.45) is 0 Å². The highest BCUT2D eigenvalue weighted by atomic mass is 35.5. The first-order valence-corrected chi connectivity index (χ1v) is 10.8. The minimum atomic E-state index is -0.379. The fourth-order valence-corrected chi connectivity index (χ4v) is 5.04. The van der Waals surface area contributed by atoms with Crippen LogP contribution in [0.5, 0.6) is 0 Å². The average molecular weight is 438 g/mol. The molecule has 0 atom stereocenters. The molecule has 0 bridgehead atoms. The predicted molar refractivity (Wildman–Crippen MR) is 116 cm³/mol. The summed E-state index contributed by atoms with van der Waals surface area (Å²) in [5, 5.41) is 4.32. The van der Waals surface area contributed by atoms with E-state index in [2.05, 4.69) is 5.32 Å². The van der Waals surface area contributed by atoms with Gasteiger partial charge < -0.3 is 10.1 Å². The lowest BCUT2D eigenvalue weighted by Crippen LogP contribution is -2.13. The van der Waals surface area contributed by atoms with Crippen molar-refractivity contribution in [2.75, 3.05) is 11.9 Å². The summed E-state index contributed by atoms with van der Waals surface area (Å²) in [6, 6.07) is 5.16. The Kier molecular flexibility index (Phi) is 7.16. The molecule has 0 saturated carbocycles. The Morgan fingerprint density at radius 1 is 1.18 bits per heavy atom. The van der Waals surface area contributed by atoms with E-state index in [0.29, 0.717) is 32.8 Å². The van der Waals surface area contributed by atoms with Gasteiger partial charge >= 0.3 is 5.97 Å². The van der Waals surface area contributed by atoms with Crippen molar-refractivity contribution in [1.82, 2.24) is 0 Å². The predicted octanol–water partition coefficient (Wildman–Crippen LogP) is 6.15. The number of carbonyl (C=O) groups is 2. The van der Waals surface area contributed by atoms with Crippen LogP contribution in [0.3, 0.4) is 0 Å². The van der Waals surface area contributed by atoms with Crippen molar-refractivity contribution in [1.29, 1.82) is 0 Å². The number of carbonyl (C=O) groups excluding carboxylic acids is 2. The van der Waals surface area contributed by atoms with E-state index in [-0.39, 0.29) is 11.9 Å². The van der Waals surface area contributed by atoms with Crippen LogP contribution in [0.15, 0.2) is 24.3 Å². The zero-order valence-electron chi connectivity index (χ0n) is 15.5. The Labute approximate surface area is 178 Å². The first kappa shape index (κ1) is 20.9. The van der Waals surface area contributed by atoms with Crippen LogP contribution < -0.4 is 5.32 Å². The number of amides is 1. The summed E-state index contributed by atoms with van der Waals surface area (Å²) in [6.45, 7) is 2.07. The van der Waals surface area contributed by atoms with Crippen LogP contribution in [0.1, 0.15) is 52.5 Å². The van der Waals surface area contributed by atoms with Crippen LogP contribution in [0.25, 0.3) is 6.08 Å². The number of fused-ring (bicyclic) bond motifs is 1. The number of ether oxygens (including phenoxy) is 1. The Morgan fingerprint density at radius 2 is 1.89 bits per heavy atom. The quantitative estimate of drug-likeness (QED) is 0.346. The monoisotopic (exact) mass is 437 g/mol. The van der Waals surface area contributed by atoms with Gasteiger partial charge in [0.1, 0.15) is 5.00 Å². The number of anilines is 1. The average Bonchev–Trinajstić information content (AvgIpc) is 2.82. The number of hydrogen-bond acceptors (Lipinski definition) is 4. The molecule has 148 valence electrons. The van der Waals surface area contributed by atoms with Crippen molar-refractivity contribution in [3.8, 4) is 0 Å². The maximum Gasteiger partial charge on any atom is 0.341 e. The molecular weight excluding hydrogens is 417 g/mol. The molecule has 1 heterocycles. The van der Waals surface area contributed by atoms with Gasteiger partial charge in [-0.25, -0.2) is 4.79 Å². The molecule has 1 N–H and O–H groups in total. The van der Waals surface area contributed by atoms with E-state index in [1.807, 2.05) is 0 Å². The lowest BCUT2D eigenvalue weighted by molar-refractivity contribution is -0.111. The van der Waals surface area contributed by atoms with Crippen molar-refractivity contribution >= 4 is 57.5 Å². The molecule has 7 heteroatoms. The third-order valence-corrected chi connectivity index (χ3v) is 6.41. The Bertz CT molecular complexity index is 900. The molecule has 28 heavy (non-hydrogen) atoms. The molecule has 0 fully saturated rings. The second kappa shape index (κ2) is 9.59. The van der Waals surface area contributed by atoms with Crippen LogP contribution in [0, 0.1) is 0 Å². The normalized spacial score (nSPS) is 13.8. The largest absolute Gasteiger partial charge is 0.462 e. The molecule has 1 aromatic heterocycles. The van der Waals surface area contributed by atoms with Gasteiger partial charge in [-0.1, -0.05) is 35.7 Å². The Hall–Kier alpha value is -1.82. The zero-order valence-corrected chi connectivity index (χ0v) is 17.8. The van der Waals surface area contributed by atoms with E-state index in [0.717, 1.165) is 42.5 Å². The molecule has 0 spiro atoms. The number of thiophene rings is 1. The Morgan fingerprint density at radius 3 is 2.61 bits per heavy atom. The lowest BCUT2D eigenvalue weighted by atomic mass is 10.1. The number of aryl methyl sites for hydroxylation is 1. The molecule has 0 aliphatic heterocycles. The van der Waals surface area contributed by atoms with E-state index in [9.17, 15) is 9.59 Å². The van der Waals surface area contributed by atoms with E-state index >= 15 is 0 Å². The van der Waals surface area contributed by atoms with Gasteiger partial charge in [-0.15, -0.1) is 11.3 Å². The second-order valence-corrected chi connectivity index (χ2v) is 8.37. The standard InChI is InChI=1S/C21H21Cl2NO3S/c1-2-27-21(26)19-14-7-4-3-5-10-17(14)28-20(19)24-18(25)12-11-13-15(22)8-6-9-16(13)23/h6,8-9,11-12H,2-5,7,10H2,1H3,(H,24,25)/b12-11+.